The average molecular weight is 583 g/mol. The third-order valence-electron chi connectivity index (χ3n) is 6.46. The molecule has 218 valence electrons. The number of hydrogen-bond donors (Lipinski definition) is 0. The van der Waals surface area contributed by atoms with Gasteiger partial charge in [0.1, 0.15) is 24.1 Å². The first kappa shape index (κ1) is 29.9. The molecule has 2 aromatic carbocycles. The molecule has 2 heterocycles. The van der Waals surface area contributed by atoms with Gasteiger partial charge in [0.2, 0.25) is 0 Å². The van der Waals surface area contributed by atoms with Crippen molar-refractivity contribution in [1.82, 2.24) is 4.57 Å². The Balaban J connectivity index is 1.97. The minimum absolute atomic E-state index is 0.0534. The van der Waals surface area contributed by atoms with Gasteiger partial charge in [-0.25, -0.2) is 9.79 Å². The number of fused-ring (bicyclic) bond motifs is 1. The molecule has 0 fully saturated rings. The average Bonchev–Trinajstić information content (AvgIpc) is 3.29. The van der Waals surface area contributed by atoms with Gasteiger partial charge in [-0.2, -0.15) is 0 Å². The first-order valence-electron chi connectivity index (χ1n) is 13.1. The number of ether oxygens (including phenoxy) is 6. The summed E-state index contributed by atoms with van der Waals surface area (Å²) >= 11 is 1.22. The number of carbonyl (C=O) groups excluding carboxylic acids is 1. The highest BCUT2D eigenvalue weighted by atomic mass is 32.1. The largest absolute Gasteiger partial charge is 0.497 e. The van der Waals surface area contributed by atoms with Crippen LogP contribution in [0.5, 0.6) is 23.0 Å². The Kier molecular flexibility index (Phi) is 9.85. The molecule has 0 amide bonds. The maximum Gasteiger partial charge on any atom is 0.338 e. The quantitative estimate of drug-likeness (QED) is 0.237. The molecule has 10 nitrogen and oxygen atoms in total. The SMILES string of the molecule is CCCOc1c(OC)cccc1[C@H]1C(C(=O)OCCOC)=C(C)N=c2s/c(=C/c3ccc(OC)cc3OC)c(=O)n21. The van der Waals surface area contributed by atoms with Crippen molar-refractivity contribution in [1.29, 1.82) is 0 Å². The Morgan fingerprint density at radius 3 is 2.49 bits per heavy atom. The number of methoxy groups -OCH3 is 4. The topological polar surface area (TPSA) is 107 Å². The van der Waals surface area contributed by atoms with Gasteiger partial charge in [0.05, 0.1) is 50.3 Å². The van der Waals surface area contributed by atoms with Crippen LogP contribution >= 0.6 is 11.3 Å². The molecular formula is C30H34N2O8S. The summed E-state index contributed by atoms with van der Waals surface area (Å²) in [5, 5.41) is 0. The van der Waals surface area contributed by atoms with Crippen LogP contribution in [0.4, 0.5) is 0 Å². The third-order valence-corrected chi connectivity index (χ3v) is 7.45. The van der Waals surface area contributed by atoms with Crippen LogP contribution in [0.15, 0.2) is 57.5 Å². The lowest BCUT2D eigenvalue weighted by atomic mass is 9.94. The van der Waals surface area contributed by atoms with E-state index in [1.165, 1.54) is 23.0 Å². The van der Waals surface area contributed by atoms with Crippen LogP contribution in [0, 0.1) is 0 Å². The molecule has 1 aliphatic heterocycles. The lowest BCUT2D eigenvalue weighted by Gasteiger charge is -2.27. The van der Waals surface area contributed by atoms with Crippen molar-refractivity contribution in [2.75, 3.05) is 48.3 Å². The van der Waals surface area contributed by atoms with Crippen molar-refractivity contribution >= 4 is 23.4 Å². The van der Waals surface area contributed by atoms with Crippen molar-refractivity contribution in [3.8, 4) is 23.0 Å². The van der Waals surface area contributed by atoms with Crippen LogP contribution in [0.3, 0.4) is 0 Å². The summed E-state index contributed by atoms with van der Waals surface area (Å²) in [6.45, 7) is 4.43. The zero-order chi connectivity index (χ0) is 29.5. The summed E-state index contributed by atoms with van der Waals surface area (Å²) < 4.78 is 35.1. The summed E-state index contributed by atoms with van der Waals surface area (Å²) in [5.41, 5.74) is 1.63. The fraction of sp³-hybridized carbons (Fsp3) is 0.367. The first-order chi connectivity index (χ1) is 19.9. The number of para-hydroxylation sites is 1. The number of carbonyl (C=O) groups is 1. The van der Waals surface area contributed by atoms with Gasteiger partial charge in [-0.05, 0) is 37.6 Å². The van der Waals surface area contributed by atoms with Crippen LogP contribution in [0.1, 0.15) is 37.4 Å². The second-order valence-corrected chi connectivity index (χ2v) is 10.1. The Hall–Kier alpha value is -4.09. The molecule has 3 aromatic rings. The number of allylic oxidation sites excluding steroid dienone is 1. The minimum Gasteiger partial charge on any atom is -0.497 e. The zero-order valence-corrected chi connectivity index (χ0v) is 24.8. The summed E-state index contributed by atoms with van der Waals surface area (Å²) in [5.74, 6) is 1.52. The van der Waals surface area contributed by atoms with E-state index in [9.17, 15) is 9.59 Å². The Morgan fingerprint density at radius 2 is 1.80 bits per heavy atom. The molecule has 0 aliphatic carbocycles. The molecule has 0 spiro atoms. The highest BCUT2D eigenvalue weighted by Crippen LogP contribution is 2.41. The molecule has 0 unspecified atom stereocenters. The minimum atomic E-state index is -0.872. The molecule has 0 N–H and O–H groups in total. The standard InChI is InChI=1S/C30H34N2O8S/c1-7-13-39-27-21(9-8-10-22(27)37-5)26-25(29(34)40-15-14-35-3)18(2)31-30-32(26)28(33)24(41-30)16-19-11-12-20(36-4)17-23(19)38-6/h8-12,16-17,26H,7,13-15H2,1-6H3/b24-16+/t26-/m0/s1. The summed E-state index contributed by atoms with van der Waals surface area (Å²) in [6.07, 6.45) is 2.50. The lowest BCUT2D eigenvalue weighted by molar-refractivity contribution is -0.140. The van der Waals surface area contributed by atoms with Gasteiger partial charge < -0.3 is 28.4 Å². The number of benzene rings is 2. The molecule has 0 bridgehead atoms. The molecule has 11 heteroatoms. The molecule has 1 aromatic heterocycles. The van der Waals surface area contributed by atoms with E-state index < -0.39 is 12.0 Å². The fourth-order valence-corrected chi connectivity index (χ4v) is 5.56. The van der Waals surface area contributed by atoms with Gasteiger partial charge in [-0.3, -0.25) is 9.36 Å². The number of rotatable bonds is 12. The number of nitrogens with zero attached hydrogens (tertiary/aromatic N) is 2. The highest BCUT2D eigenvalue weighted by Gasteiger charge is 2.36. The maximum absolute atomic E-state index is 14.1. The van der Waals surface area contributed by atoms with Crippen molar-refractivity contribution in [2.24, 2.45) is 4.99 Å². The van der Waals surface area contributed by atoms with Gasteiger partial charge in [-0.15, -0.1) is 0 Å². The van der Waals surface area contributed by atoms with Gasteiger partial charge in [0, 0.05) is 24.3 Å². The molecule has 4 rings (SSSR count). The van der Waals surface area contributed by atoms with E-state index in [1.54, 1.807) is 58.6 Å². The molecule has 0 radical (unpaired) electrons. The van der Waals surface area contributed by atoms with E-state index in [0.717, 1.165) is 6.42 Å². The van der Waals surface area contributed by atoms with Gasteiger partial charge >= 0.3 is 5.97 Å². The monoisotopic (exact) mass is 582 g/mol. The van der Waals surface area contributed by atoms with Crippen molar-refractivity contribution in [2.45, 2.75) is 26.3 Å². The molecule has 1 atom stereocenters. The summed E-state index contributed by atoms with van der Waals surface area (Å²) in [6, 6.07) is 9.88. The van der Waals surface area contributed by atoms with Crippen LogP contribution in [0.25, 0.3) is 6.08 Å². The second-order valence-electron chi connectivity index (χ2n) is 9.05. The van der Waals surface area contributed by atoms with E-state index in [2.05, 4.69) is 4.99 Å². The van der Waals surface area contributed by atoms with Gasteiger partial charge in [0.15, 0.2) is 16.3 Å². The Labute approximate surface area is 242 Å². The zero-order valence-electron chi connectivity index (χ0n) is 24.0. The van der Waals surface area contributed by atoms with Gasteiger partial charge in [-0.1, -0.05) is 30.4 Å². The molecule has 0 saturated heterocycles. The lowest BCUT2D eigenvalue weighted by Crippen LogP contribution is -2.40. The van der Waals surface area contributed by atoms with Crippen LogP contribution in [-0.4, -0.2) is 58.8 Å². The highest BCUT2D eigenvalue weighted by molar-refractivity contribution is 7.07. The number of aromatic nitrogens is 1. The number of hydrogen-bond acceptors (Lipinski definition) is 10. The van der Waals surface area contributed by atoms with E-state index in [4.69, 9.17) is 28.4 Å². The van der Waals surface area contributed by atoms with Crippen molar-refractivity contribution in [3.63, 3.8) is 0 Å². The Morgan fingerprint density at radius 1 is 1.02 bits per heavy atom. The van der Waals surface area contributed by atoms with E-state index in [0.29, 0.717) is 55.8 Å². The summed E-state index contributed by atoms with van der Waals surface area (Å²) in [7, 11) is 6.20. The van der Waals surface area contributed by atoms with Crippen molar-refractivity contribution in [3.05, 3.63) is 78.5 Å². The first-order valence-corrected chi connectivity index (χ1v) is 13.9. The van der Waals surface area contributed by atoms with E-state index in [1.807, 2.05) is 19.1 Å². The second kappa shape index (κ2) is 13.5. The summed E-state index contributed by atoms with van der Waals surface area (Å²) in [4.78, 5) is 32.7. The predicted octanol–water partition coefficient (Wildman–Crippen LogP) is 3.24. The van der Waals surface area contributed by atoms with E-state index >= 15 is 0 Å². The van der Waals surface area contributed by atoms with Gasteiger partial charge in [0.25, 0.3) is 5.56 Å². The van der Waals surface area contributed by atoms with E-state index in [-0.39, 0.29) is 24.3 Å². The molecule has 41 heavy (non-hydrogen) atoms. The molecular weight excluding hydrogens is 548 g/mol. The number of esters is 1. The Bertz CT molecular complexity index is 1620. The number of thiazole rings is 1. The predicted molar refractivity (Wildman–Crippen MR) is 155 cm³/mol. The van der Waals surface area contributed by atoms with Crippen LogP contribution in [-0.2, 0) is 14.3 Å². The third kappa shape index (κ3) is 6.15. The maximum atomic E-state index is 14.1. The van der Waals surface area contributed by atoms with Crippen LogP contribution in [0.2, 0.25) is 0 Å². The molecule has 0 saturated carbocycles. The van der Waals surface area contributed by atoms with Crippen molar-refractivity contribution < 1.29 is 33.2 Å². The normalized spacial score (nSPS) is 14.8. The van der Waals surface area contributed by atoms with Crippen LogP contribution < -0.4 is 33.8 Å². The smallest absolute Gasteiger partial charge is 0.338 e. The molecule has 1 aliphatic rings. The fourth-order valence-electron chi connectivity index (χ4n) is 4.52.